The first-order valence-electron chi connectivity index (χ1n) is 8.42. The number of carbonyl (C=O) groups excluding carboxylic acids is 1. The average Bonchev–Trinajstić information content (AvgIpc) is 2.64. The van der Waals surface area contributed by atoms with E-state index in [0.717, 1.165) is 10.0 Å². The lowest BCUT2D eigenvalue weighted by molar-refractivity contribution is -0.139. The second kappa shape index (κ2) is 12.7. The van der Waals surface area contributed by atoms with Crippen molar-refractivity contribution in [2.45, 2.75) is 36.9 Å². The highest BCUT2D eigenvalue weighted by Crippen LogP contribution is 2.17. The first-order chi connectivity index (χ1) is 13.2. The van der Waals surface area contributed by atoms with Crippen LogP contribution in [0.15, 0.2) is 28.7 Å². The minimum Gasteiger partial charge on any atom is -0.480 e. The van der Waals surface area contributed by atoms with Crippen LogP contribution in [0.5, 0.6) is 0 Å². The Labute approximate surface area is 175 Å². The van der Waals surface area contributed by atoms with Gasteiger partial charge >= 0.3 is 11.9 Å². The molecule has 0 heterocycles. The maximum Gasteiger partial charge on any atom is 0.320 e. The summed E-state index contributed by atoms with van der Waals surface area (Å²) in [5, 5.41) is 32.7. The van der Waals surface area contributed by atoms with Crippen LogP contribution in [0, 0.1) is 0 Å². The number of carbonyl (C=O) groups is 3. The maximum absolute atomic E-state index is 12.1. The second-order valence-electron chi connectivity index (χ2n) is 6.02. The van der Waals surface area contributed by atoms with Crippen LogP contribution in [0.25, 0.3) is 0 Å². The van der Waals surface area contributed by atoms with E-state index in [1.54, 1.807) is 0 Å². The minimum absolute atomic E-state index is 0.0431. The first kappa shape index (κ1) is 24.4. The van der Waals surface area contributed by atoms with Crippen molar-refractivity contribution in [2.24, 2.45) is 5.73 Å². The Morgan fingerprint density at radius 3 is 2.39 bits per heavy atom. The second-order valence-corrected chi connectivity index (χ2v) is 7.96. The summed E-state index contributed by atoms with van der Waals surface area (Å²) in [5.41, 5.74) is 6.43. The van der Waals surface area contributed by atoms with Crippen molar-refractivity contribution >= 4 is 45.5 Å². The summed E-state index contributed by atoms with van der Waals surface area (Å²) >= 11 is 4.81. The smallest absolute Gasteiger partial charge is 0.320 e. The molecule has 7 N–H and O–H groups in total. The predicted octanol–water partition coefficient (Wildman–Crippen LogP) is 0.352. The van der Waals surface area contributed by atoms with Crippen LogP contribution in [0.3, 0.4) is 0 Å². The van der Waals surface area contributed by atoms with Gasteiger partial charge in [-0.1, -0.05) is 28.1 Å². The number of nitrogens with one attached hydrogen (secondary N) is 2. The fourth-order valence-corrected chi connectivity index (χ4v) is 3.45. The van der Waals surface area contributed by atoms with Gasteiger partial charge in [-0.25, -0.2) is 0 Å². The SMILES string of the molecule is N[C@H](CCC(=O)N[C@H](CSCc1ccc(Br)cc1)[C@@H](O)NCC(=O)O)C(=O)O. The molecule has 1 aromatic rings. The molecule has 0 aliphatic carbocycles. The Morgan fingerprint density at radius 1 is 1.18 bits per heavy atom. The van der Waals surface area contributed by atoms with Gasteiger partial charge in [0.1, 0.15) is 12.3 Å². The van der Waals surface area contributed by atoms with Crippen LogP contribution in [0.2, 0.25) is 0 Å². The molecule has 28 heavy (non-hydrogen) atoms. The third-order valence-electron chi connectivity index (χ3n) is 3.67. The number of aliphatic carboxylic acids is 2. The number of rotatable bonds is 13. The van der Waals surface area contributed by atoms with E-state index in [-0.39, 0.29) is 12.8 Å². The topological polar surface area (TPSA) is 162 Å². The molecule has 0 unspecified atom stereocenters. The van der Waals surface area contributed by atoms with Gasteiger partial charge in [-0.2, -0.15) is 11.8 Å². The lowest BCUT2D eigenvalue weighted by Gasteiger charge is -2.24. The third-order valence-corrected chi connectivity index (χ3v) is 5.33. The molecule has 9 nitrogen and oxygen atoms in total. The summed E-state index contributed by atoms with van der Waals surface area (Å²) in [7, 11) is 0. The molecule has 1 rings (SSSR count). The fraction of sp³-hybridized carbons (Fsp3) is 0.471. The zero-order valence-corrected chi connectivity index (χ0v) is 17.4. The van der Waals surface area contributed by atoms with Gasteiger partial charge in [-0.3, -0.25) is 19.7 Å². The minimum atomic E-state index is -1.27. The predicted molar refractivity (Wildman–Crippen MR) is 109 cm³/mol. The van der Waals surface area contributed by atoms with Crippen LogP contribution < -0.4 is 16.4 Å². The third kappa shape index (κ3) is 10.0. The molecule has 0 saturated heterocycles. The zero-order chi connectivity index (χ0) is 21.1. The van der Waals surface area contributed by atoms with Crippen molar-refractivity contribution in [2.75, 3.05) is 12.3 Å². The van der Waals surface area contributed by atoms with Gasteiger partial charge in [0.05, 0.1) is 12.6 Å². The molecule has 1 amide bonds. The van der Waals surface area contributed by atoms with Crippen LogP contribution in [0.1, 0.15) is 18.4 Å². The Bertz CT molecular complexity index is 661. The van der Waals surface area contributed by atoms with Crippen molar-refractivity contribution in [3.63, 3.8) is 0 Å². The van der Waals surface area contributed by atoms with Crippen LogP contribution >= 0.6 is 27.7 Å². The number of carboxylic acids is 2. The molecule has 0 fully saturated rings. The number of halogens is 1. The zero-order valence-electron chi connectivity index (χ0n) is 15.0. The van der Waals surface area contributed by atoms with Gasteiger partial charge in [0, 0.05) is 22.4 Å². The summed E-state index contributed by atoms with van der Waals surface area (Å²) in [6.45, 7) is -0.463. The molecular weight excluding hydrogens is 454 g/mol. The molecule has 11 heteroatoms. The number of nitrogens with two attached hydrogens (primary N) is 1. The van der Waals surface area contributed by atoms with Crippen molar-refractivity contribution < 1.29 is 29.7 Å². The highest BCUT2D eigenvalue weighted by atomic mass is 79.9. The molecule has 156 valence electrons. The Hall–Kier alpha value is -1.66. The van der Waals surface area contributed by atoms with E-state index in [9.17, 15) is 19.5 Å². The summed E-state index contributed by atoms with van der Waals surface area (Å²) in [4.78, 5) is 33.5. The monoisotopic (exact) mass is 477 g/mol. The Balaban J connectivity index is 2.59. The van der Waals surface area contributed by atoms with Crippen molar-refractivity contribution in [3.05, 3.63) is 34.3 Å². The van der Waals surface area contributed by atoms with E-state index in [0.29, 0.717) is 11.5 Å². The largest absolute Gasteiger partial charge is 0.480 e. The van der Waals surface area contributed by atoms with Gasteiger partial charge < -0.3 is 26.4 Å². The normalized spacial score (nSPS) is 14.1. The molecule has 0 bridgehead atoms. The van der Waals surface area contributed by atoms with E-state index in [1.807, 2.05) is 24.3 Å². The molecular formula is C17H24BrN3O6S. The number of hydrogen-bond donors (Lipinski definition) is 6. The summed E-state index contributed by atoms with van der Waals surface area (Å²) in [5.74, 6) is -1.85. The van der Waals surface area contributed by atoms with Gasteiger partial charge in [-0.05, 0) is 24.1 Å². The first-order valence-corrected chi connectivity index (χ1v) is 10.4. The molecule has 0 aliphatic rings. The van der Waals surface area contributed by atoms with Crippen molar-refractivity contribution in [3.8, 4) is 0 Å². The quantitative estimate of drug-likeness (QED) is 0.220. The number of amides is 1. The van der Waals surface area contributed by atoms with Gasteiger partial charge in [0.25, 0.3) is 0 Å². The highest BCUT2D eigenvalue weighted by molar-refractivity contribution is 9.10. The summed E-state index contributed by atoms with van der Waals surface area (Å²) < 4.78 is 0.958. The van der Waals surface area contributed by atoms with Gasteiger partial charge in [-0.15, -0.1) is 0 Å². The number of hydrogen-bond acceptors (Lipinski definition) is 7. The Morgan fingerprint density at radius 2 is 1.82 bits per heavy atom. The fourth-order valence-electron chi connectivity index (χ4n) is 2.12. The average molecular weight is 478 g/mol. The van der Waals surface area contributed by atoms with Crippen molar-refractivity contribution in [1.82, 2.24) is 10.6 Å². The maximum atomic E-state index is 12.1. The van der Waals surface area contributed by atoms with E-state index in [4.69, 9.17) is 15.9 Å². The molecule has 0 spiro atoms. The van der Waals surface area contributed by atoms with Crippen LogP contribution in [-0.4, -0.2) is 63.8 Å². The van der Waals surface area contributed by atoms with E-state index in [2.05, 4.69) is 26.6 Å². The molecule has 3 atom stereocenters. The lowest BCUT2D eigenvalue weighted by atomic mass is 10.1. The van der Waals surface area contributed by atoms with Gasteiger partial charge in [0.15, 0.2) is 0 Å². The van der Waals surface area contributed by atoms with E-state index < -0.39 is 42.7 Å². The standard InChI is InChI=1S/C17H24BrN3O6S/c18-11-3-1-10(2-4-11)8-28-9-13(16(25)20-7-15(23)24)21-14(22)6-5-12(19)17(26)27/h1-4,12-13,16,20,25H,5-9,19H2,(H,21,22)(H,23,24)(H,26,27)/t12-,13-,16-/m1/s1. The Kier molecular flexibility index (Phi) is 11.1. The van der Waals surface area contributed by atoms with Crippen LogP contribution in [0.4, 0.5) is 0 Å². The van der Waals surface area contributed by atoms with E-state index >= 15 is 0 Å². The number of aliphatic hydroxyl groups excluding tert-OH is 1. The summed E-state index contributed by atoms with van der Waals surface area (Å²) in [6.07, 6.45) is -1.43. The van der Waals surface area contributed by atoms with Crippen LogP contribution in [-0.2, 0) is 20.1 Å². The van der Waals surface area contributed by atoms with Crippen molar-refractivity contribution in [1.29, 1.82) is 0 Å². The summed E-state index contributed by atoms with van der Waals surface area (Å²) in [6, 6.07) is 5.79. The number of thioether (sulfide) groups is 1. The number of aliphatic hydroxyl groups is 1. The highest BCUT2D eigenvalue weighted by Gasteiger charge is 2.22. The molecule has 0 aliphatic heterocycles. The molecule has 0 saturated carbocycles. The van der Waals surface area contributed by atoms with E-state index in [1.165, 1.54) is 11.8 Å². The lowest BCUT2D eigenvalue weighted by Crippen LogP contribution is -2.52. The molecule has 0 radical (unpaired) electrons. The van der Waals surface area contributed by atoms with Gasteiger partial charge in [0.2, 0.25) is 5.91 Å². The molecule has 1 aromatic carbocycles. The number of carboxylic acid groups (broad SMARTS) is 2. The molecule has 0 aromatic heterocycles. The number of benzene rings is 1.